The van der Waals surface area contributed by atoms with Crippen LogP contribution in [-0.2, 0) is 9.53 Å². The number of rotatable bonds is 5. The van der Waals surface area contributed by atoms with Crippen molar-refractivity contribution >= 4 is 22.9 Å². The summed E-state index contributed by atoms with van der Waals surface area (Å²) in [5, 5.41) is 46.8. The van der Waals surface area contributed by atoms with Crippen molar-refractivity contribution in [1.82, 2.24) is 24.8 Å². The predicted octanol–water partition coefficient (Wildman–Crippen LogP) is -1.48. The molecule has 0 aromatic carbocycles. The summed E-state index contributed by atoms with van der Waals surface area (Å²) in [6, 6.07) is 3.28. The highest BCUT2D eigenvalue weighted by Crippen LogP contribution is 2.43. The van der Waals surface area contributed by atoms with Gasteiger partial charge in [0.25, 0.3) is 17.5 Å². The molecular formula is C17H20N6O7. The molecule has 0 spiro atoms. The second-order valence-corrected chi connectivity index (χ2v) is 6.66. The number of fused-ring (bicyclic) bond motifs is 1. The zero-order valence-corrected chi connectivity index (χ0v) is 16.0. The summed E-state index contributed by atoms with van der Waals surface area (Å²) in [5.41, 5.74) is 0.320. The quantitative estimate of drug-likeness (QED) is 0.264. The summed E-state index contributed by atoms with van der Waals surface area (Å²) in [7, 11) is 1.61. The molecule has 1 aliphatic rings. The summed E-state index contributed by atoms with van der Waals surface area (Å²) in [4.78, 5) is 25.0. The van der Waals surface area contributed by atoms with E-state index in [1.165, 1.54) is 6.26 Å². The Morgan fingerprint density at radius 3 is 2.67 bits per heavy atom. The molecular weight excluding hydrogens is 400 g/mol. The summed E-state index contributed by atoms with van der Waals surface area (Å²) in [6.07, 6.45) is -1.21. The topological polar surface area (TPSA) is 188 Å². The molecule has 1 saturated heterocycles. The molecule has 0 radical (unpaired) electrons. The standard InChI is InChI=1S/C17H20N6O7/c1-3-19-14(24)10-16(25,26)17(27,28)15(30-10)23-7-20-9-12(18-2)21-11(22-13(9)23)8-5-4-6-29-8/h4-7,10,15,25-28H,3H2,1-2H3,(H,19,24)(H,18,21,22)/t10-,15-/m1/s1. The van der Waals surface area contributed by atoms with Gasteiger partial charge in [0.2, 0.25) is 0 Å². The maximum atomic E-state index is 12.2. The molecule has 1 fully saturated rings. The van der Waals surface area contributed by atoms with Gasteiger partial charge in [0, 0.05) is 13.6 Å². The maximum absolute atomic E-state index is 12.2. The Morgan fingerprint density at radius 1 is 1.27 bits per heavy atom. The molecule has 1 amide bonds. The molecule has 3 aromatic rings. The lowest BCUT2D eigenvalue weighted by Gasteiger charge is -2.31. The third kappa shape index (κ3) is 2.83. The van der Waals surface area contributed by atoms with Gasteiger partial charge in [-0.2, -0.15) is 0 Å². The average Bonchev–Trinajstić information content (AvgIpc) is 3.40. The van der Waals surface area contributed by atoms with Gasteiger partial charge in [0.1, 0.15) is 0 Å². The number of furan rings is 1. The van der Waals surface area contributed by atoms with Gasteiger partial charge in [-0.1, -0.05) is 0 Å². The van der Waals surface area contributed by atoms with Gasteiger partial charge in [-0.05, 0) is 19.1 Å². The van der Waals surface area contributed by atoms with Crippen molar-refractivity contribution in [2.75, 3.05) is 18.9 Å². The van der Waals surface area contributed by atoms with E-state index in [1.807, 2.05) is 0 Å². The van der Waals surface area contributed by atoms with Crippen molar-refractivity contribution in [2.24, 2.45) is 0 Å². The van der Waals surface area contributed by atoms with E-state index in [-0.39, 0.29) is 23.5 Å². The number of aromatic nitrogens is 4. The number of imidazole rings is 1. The number of hydrogen-bond donors (Lipinski definition) is 6. The van der Waals surface area contributed by atoms with Crippen LogP contribution in [0.1, 0.15) is 13.2 Å². The van der Waals surface area contributed by atoms with E-state index in [2.05, 4.69) is 25.6 Å². The SMILES string of the molecule is CCNC(=O)[C@H]1O[C@@H](n2cnc3c(NC)nc(-c4ccco4)nc32)C(O)(O)C1(O)O. The fourth-order valence-electron chi connectivity index (χ4n) is 3.24. The highest BCUT2D eigenvalue weighted by molar-refractivity contribution is 5.85. The lowest BCUT2D eigenvalue weighted by molar-refractivity contribution is -0.351. The van der Waals surface area contributed by atoms with Crippen molar-refractivity contribution in [3.8, 4) is 11.6 Å². The Bertz CT molecular complexity index is 1080. The van der Waals surface area contributed by atoms with E-state index in [0.29, 0.717) is 11.6 Å². The highest BCUT2D eigenvalue weighted by Gasteiger charge is 2.68. The van der Waals surface area contributed by atoms with Crippen molar-refractivity contribution in [3.63, 3.8) is 0 Å². The lowest BCUT2D eigenvalue weighted by Crippen LogP contribution is -2.61. The molecule has 160 valence electrons. The number of aliphatic hydroxyl groups is 4. The number of carbonyl (C=O) groups is 1. The predicted molar refractivity (Wildman–Crippen MR) is 99.5 cm³/mol. The first-order chi connectivity index (χ1) is 14.2. The van der Waals surface area contributed by atoms with Crippen LogP contribution in [0, 0.1) is 0 Å². The van der Waals surface area contributed by atoms with Crippen LogP contribution in [0.2, 0.25) is 0 Å². The van der Waals surface area contributed by atoms with E-state index >= 15 is 0 Å². The third-order valence-corrected chi connectivity index (χ3v) is 4.76. The van der Waals surface area contributed by atoms with Crippen LogP contribution in [0.5, 0.6) is 0 Å². The van der Waals surface area contributed by atoms with Gasteiger partial charge < -0.3 is 40.2 Å². The molecule has 1 aliphatic heterocycles. The normalized spacial score (nSPS) is 22.3. The second kappa shape index (κ2) is 7.00. The Kier molecular flexibility index (Phi) is 4.71. The second-order valence-electron chi connectivity index (χ2n) is 6.66. The summed E-state index contributed by atoms with van der Waals surface area (Å²) >= 11 is 0. The number of nitrogens with zero attached hydrogens (tertiary/aromatic N) is 4. The molecule has 4 heterocycles. The van der Waals surface area contributed by atoms with Crippen molar-refractivity contribution in [3.05, 3.63) is 24.7 Å². The third-order valence-electron chi connectivity index (χ3n) is 4.76. The Labute approximate surface area is 169 Å². The van der Waals surface area contributed by atoms with Crippen LogP contribution in [0.15, 0.2) is 29.1 Å². The van der Waals surface area contributed by atoms with Gasteiger partial charge >= 0.3 is 0 Å². The summed E-state index contributed by atoms with van der Waals surface area (Å²) < 4.78 is 11.8. The molecule has 0 saturated carbocycles. The highest BCUT2D eigenvalue weighted by atomic mass is 16.7. The Morgan fingerprint density at radius 2 is 2.03 bits per heavy atom. The Balaban J connectivity index is 1.85. The maximum Gasteiger partial charge on any atom is 0.268 e. The van der Waals surface area contributed by atoms with E-state index in [1.54, 1.807) is 26.1 Å². The average molecular weight is 420 g/mol. The fraction of sp³-hybridized carbons (Fsp3) is 0.412. The van der Waals surface area contributed by atoms with Crippen LogP contribution in [-0.4, -0.2) is 77.1 Å². The van der Waals surface area contributed by atoms with Gasteiger partial charge in [-0.3, -0.25) is 9.36 Å². The van der Waals surface area contributed by atoms with E-state index in [9.17, 15) is 25.2 Å². The molecule has 0 unspecified atom stereocenters. The van der Waals surface area contributed by atoms with Gasteiger partial charge in [-0.15, -0.1) is 0 Å². The number of amides is 1. The summed E-state index contributed by atoms with van der Waals surface area (Å²) in [5.74, 6) is -6.69. The molecule has 0 aliphatic carbocycles. The van der Waals surface area contributed by atoms with Crippen molar-refractivity contribution < 1.29 is 34.4 Å². The smallest absolute Gasteiger partial charge is 0.268 e. The van der Waals surface area contributed by atoms with E-state index in [0.717, 1.165) is 10.9 Å². The first-order valence-corrected chi connectivity index (χ1v) is 9.01. The zero-order valence-electron chi connectivity index (χ0n) is 16.0. The van der Waals surface area contributed by atoms with Crippen molar-refractivity contribution in [1.29, 1.82) is 0 Å². The molecule has 0 bridgehead atoms. The minimum atomic E-state index is -3.31. The monoisotopic (exact) mass is 420 g/mol. The molecule has 2 atom stereocenters. The number of likely N-dealkylation sites (N-methyl/N-ethyl adjacent to an activating group) is 1. The number of carbonyl (C=O) groups excluding carboxylic acids is 1. The van der Waals surface area contributed by atoms with Crippen molar-refractivity contribution in [2.45, 2.75) is 30.8 Å². The van der Waals surface area contributed by atoms with Gasteiger partial charge in [-0.25, -0.2) is 15.0 Å². The number of anilines is 1. The number of ether oxygens (including phenoxy) is 1. The molecule has 6 N–H and O–H groups in total. The molecule has 13 nitrogen and oxygen atoms in total. The molecule has 30 heavy (non-hydrogen) atoms. The van der Waals surface area contributed by atoms with Crippen LogP contribution >= 0.6 is 0 Å². The van der Waals surface area contributed by atoms with Crippen LogP contribution in [0.25, 0.3) is 22.7 Å². The number of hydrogen-bond acceptors (Lipinski definition) is 11. The van der Waals surface area contributed by atoms with E-state index < -0.39 is 29.8 Å². The van der Waals surface area contributed by atoms with Crippen LogP contribution in [0.4, 0.5) is 5.82 Å². The van der Waals surface area contributed by atoms with Gasteiger partial charge in [0.15, 0.2) is 40.9 Å². The largest absolute Gasteiger partial charge is 0.461 e. The zero-order chi connectivity index (χ0) is 21.7. The first kappa shape index (κ1) is 20.2. The van der Waals surface area contributed by atoms with Gasteiger partial charge in [0.05, 0.1) is 12.6 Å². The lowest BCUT2D eigenvalue weighted by atomic mass is 10.0. The fourth-order valence-corrected chi connectivity index (χ4v) is 3.24. The summed E-state index contributed by atoms with van der Waals surface area (Å²) in [6.45, 7) is 1.78. The molecule has 13 heteroatoms. The number of nitrogens with one attached hydrogen (secondary N) is 2. The van der Waals surface area contributed by atoms with Crippen LogP contribution < -0.4 is 10.6 Å². The minimum Gasteiger partial charge on any atom is -0.461 e. The minimum absolute atomic E-state index is 0.0746. The Hall–Kier alpha value is -3.10. The molecule has 4 rings (SSSR count). The van der Waals surface area contributed by atoms with Crippen LogP contribution in [0.3, 0.4) is 0 Å². The molecule has 3 aromatic heterocycles. The first-order valence-electron chi connectivity index (χ1n) is 9.01. The van der Waals surface area contributed by atoms with E-state index in [4.69, 9.17) is 9.15 Å².